The molecule has 1 atom stereocenters. The van der Waals surface area contributed by atoms with Crippen LogP contribution in [0, 0.1) is 13.8 Å². The molecule has 2 aromatic heterocycles. The summed E-state index contributed by atoms with van der Waals surface area (Å²) < 4.78 is 48.5. The first-order valence-electron chi connectivity index (χ1n) is 10.8. The van der Waals surface area contributed by atoms with E-state index >= 15 is 0 Å². The summed E-state index contributed by atoms with van der Waals surface area (Å²) in [4.78, 5) is 13.1. The Hall–Kier alpha value is -2.82. The topological polar surface area (TPSA) is 74.0 Å². The van der Waals surface area contributed by atoms with E-state index in [9.17, 15) is 18.0 Å². The van der Waals surface area contributed by atoms with Gasteiger partial charge in [-0.2, -0.15) is 23.4 Å². The smallest absolute Gasteiger partial charge is 0.436 e. The second kappa shape index (κ2) is 9.09. The third-order valence-corrected chi connectivity index (χ3v) is 6.74. The van der Waals surface area contributed by atoms with E-state index in [0.717, 1.165) is 29.8 Å². The molecule has 0 radical (unpaired) electrons. The summed E-state index contributed by atoms with van der Waals surface area (Å²) in [6.45, 7) is 5.63. The van der Waals surface area contributed by atoms with Gasteiger partial charge >= 0.3 is 6.18 Å². The molecular weight excluding hydrogens is 515 g/mol. The van der Waals surface area contributed by atoms with Gasteiger partial charge in [-0.25, -0.2) is 0 Å². The molecule has 0 spiro atoms. The number of carbonyl (C=O) groups is 1. The van der Waals surface area contributed by atoms with Crippen molar-refractivity contribution in [3.8, 4) is 5.75 Å². The maximum absolute atomic E-state index is 13.4. The molecule has 0 saturated heterocycles. The van der Waals surface area contributed by atoms with Crippen LogP contribution < -0.4 is 10.1 Å². The first-order chi connectivity index (χ1) is 16.0. The van der Waals surface area contributed by atoms with Crippen LogP contribution in [0.3, 0.4) is 0 Å². The number of halogens is 4. The molecule has 1 saturated carbocycles. The summed E-state index contributed by atoms with van der Waals surface area (Å²) in [5.41, 5.74) is 2.27. The fourth-order valence-corrected chi connectivity index (χ4v) is 4.75. The van der Waals surface area contributed by atoms with Crippen LogP contribution in [0.5, 0.6) is 5.75 Å². The van der Waals surface area contributed by atoms with Crippen molar-refractivity contribution in [3.05, 3.63) is 57.1 Å². The van der Waals surface area contributed by atoms with Crippen molar-refractivity contribution in [1.82, 2.24) is 19.6 Å². The molecule has 1 fully saturated rings. The Bertz CT molecular complexity index is 1230. The normalized spacial score (nSPS) is 14.8. The Morgan fingerprint density at radius 1 is 1.29 bits per heavy atom. The van der Waals surface area contributed by atoms with Crippen molar-refractivity contribution in [2.45, 2.75) is 58.3 Å². The lowest BCUT2D eigenvalue weighted by Crippen LogP contribution is -2.26. The second-order valence-electron chi connectivity index (χ2n) is 8.48. The van der Waals surface area contributed by atoms with Gasteiger partial charge in [0, 0.05) is 5.92 Å². The third kappa shape index (κ3) is 4.70. The fourth-order valence-electron chi connectivity index (χ4n) is 3.94. The van der Waals surface area contributed by atoms with Gasteiger partial charge in [-0.3, -0.25) is 14.2 Å². The molecule has 182 valence electrons. The molecule has 2 heterocycles. The number of benzene rings is 1. The maximum Gasteiger partial charge on any atom is 0.436 e. The van der Waals surface area contributed by atoms with Crippen LogP contribution in [-0.4, -0.2) is 32.6 Å². The lowest BCUT2D eigenvalue weighted by Gasteiger charge is -2.16. The minimum atomic E-state index is -4.61. The molecule has 34 heavy (non-hydrogen) atoms. The number of hydrogen-bond acceptors (Lipinski definition) is 4. The van der Waals surface area contributed by atoms with Gasteiger partial charge in [0.05, 0.1) is 40.9 Å². The van der Waals surface area contributed by atoms with E-state index in [1.807, 2.05) is 31.2 Å². The molecule has 7 nitrogen and oxygen atoms in total. The van der Waals surface area contributed by atoms with Crippen LogP contribution in [-0.2, 0) is 17.5 Å². The number of amides is 1. The summed E-state index contributed by atoms with van der Waals surface area (Å²) >= 11 is 3.07. The number of methoxy groups -OCH3 is 1. The molecule has 4 rings (SSSR count). The van der Waals surface area contributed by atoms with Crippen molar-refractivity contribution in [2.75, 3.05) is 12.4 Å². The number of hydrogen-bond donors (Lipinski definition) is 1. The first-order valence-corrected chi connectivity index (χ1v) is 11.6. The maximum atomic E-state index is 13.4. The van der Waals surface area contributed by atoms with Crippen LogP contribution in [0.4, 0.5) is 18.9 Å². The zero-order valence-corrected chi connectivity index (χ0v) is 20.8. The van der Waals surface area contributed by atoms with E-state index in [1.165, 1.54) is 4.68 Å². The number of carbonyl (C=O) groups excluding carboxylic acids is 1. The van der Waals surface area contributed by atoms with Gasteiger partial charge < -0.3 is 10.1 Å². The molecule has 1 unspecified atom stereocenters. The van der Waals surface area contributed by atoms with E-state index in [4.69, 9.17) is 4.74 Å². The van der Waals surface area contributed by atoms with Crippen molar-refractivity contribution < 1.29 is 22.7 Å². The van der Waals surface area contributed by atoms with E-state index in [0.29, 0.717) is 23.6 Å². The van der Waals surface area contributed by atoms with Crippen molar-refractivity contribution >= 4 is 27.5 Å². The predicted octanol–water partition coefficient (Wildman–Crippen LogP) is 5.61. The highest BCUT2D eigenvalue weighted by molar-refractivity contribution is 9.10. The van der Waals surface area contributed by atoms with E-state index in [1.54, 1.807) is 25.6 Å². The Morgan fingerprint density at radius 2 is 2.00 bits per heavy atom. The van der Waals surface area contributed by atoms with E-state index < -0.39 is 23.8 Å². The average molecular weight is 540 g/mol. The highest BCUT2D eigenvalue weighted by Gasteiger charge is 2.43. The summed E-state index contributed by atoms with van der Waals surface area (Å²) in [7, 11) is 1.60. The Balaban J connectivity index is 1.58. The molecule has 1 amide bonds. The first kappa shape index (κ1) is 24.3. The van der Waals surface area contributed by atoms with Crippen LogP contribution in [0.15, 0.2) is 28.7 Å². The van der Waals surface area contributed by atoms with Crippen molar-refractivity contribution in [3.63, 3.8) is 0 Å². The Morgan fingerprint density at radius 3 is 2.62 bits per heavy atom. The number of ether oxygens (including phenoxy) is 1. The summed E-state index contributed by atoms with van der Waals surface area (Å²) in [6, 6.07) is 6.66. The number of rotatable bonds is 7. The highest BCUT2D eigenvalue weighted by atomic mass is 79.9. The van der Waals surface area contributed by atoms with Crippen LogP contribution in [0.25, 0.3) is 0 Å². The molecule has 3 aromatic rings. The van der Waals surface area contributed by atoms with E-state index in [2.05, 4.69) is 31.4 Å². The highest BCUT2D eigenvalue weighted by Crippen LogP contribution is 2.47. The molecule has 1 N–H and O–H groups in total. The summed E-state index contributed by atoms with van der Waals surface area (Å²) in [5, 5.41) is 11.2. The van der Waals surface area contributed by atoms with Gasteiger partial charge in [-0.15, -0.1) is 0 Å². The third-order valence-electron chi connectivity index (χ3n) is 5.96. The van der Waals surface area contributed by atoms with Crippen molar-refractivity contribution in [2.24, 2.45) is 0 Å². The van der Waals surface area contributed by atoms with Crippen molar-refractivity contribution in [1.29, 1.82) is 0 Å². The molecule has 11 heteroatoms. The van der Waals surface area contributed by atoms with Crippen LogP contribution >= 0.6 is 15.9 Å². The largest absolute Gasteiger partial charge is 0.497 e. The minimum Gasteiger partial charge on any atom is -0.497 e. The quantitative estimate of drug-likeness (QED) is 0.423. The monoisotopic (exact) mass is 539 g/mol. The number of aromatic nitrogens is 4. The SMILES string of the molecule is COc1cccc(Cn2nc(C)c(NC(=O)C(C)n3nc(C(F)(F)F)c(Br)c3C3CC3)c2C)c1. The summed E-state index contributed by atoms with van der Waals surface area (Å²) in [6.07, 6.45) is -3.07. The second-order valence-corrected chi connectivity index (χ2v) is 9.28. The fraction of sp³-hybridized carbons (Fsp3) is 0.435. The summed E-state index contributed by atoms with van der Waals surface area (Å²) in [5.74, 6) is 0.233. The number of aryl methyl sites for hydroxylation is 1. The molecule has 0 aliphatic heterocycles. The predicted molar refractivity (Wildman–Crippen MR) is 124 cm³/mol. The van der Waals surface area contributed by atoms with Gasteiger partial charge in [0.25, 0.3) is 0 Å². The molecule has 1 aromatic carbocycles. The van der Waals surface area contributed by atoms with Crippen LogP contribution in [0.1, 0.15) is 60.1 Å². The van der Waals surface area contributed by atoms with Gasteiger partial charge in [0.1, 0.15) is 11.8 Å². The zero-order valence-electron chi connectivity index (χ0n) is 19.2. The number of nitrogens with one attached hydrogen (secondary N) is 1. The Kier molecular flexibility index (Phi) is 6.50. The standard InChI is InChI=1S/C23H25BrF3N5O2/c1-12-19(13(2)31(29-12)11-15-6-5-7-17(10-15)34-4)28-22(33)14(3)32-20(16-8-9-16)18(24)21(30-32)23(25,26)27/h5-7,10,14,16H,8-9,11H2,1-4H3,(H,28,33). The average Bonchev–Trinajstić information content (AvgIpc) is 3.51. The van der Waals surface area contributed by atoms with Gasteiger partial charge in [0.15, 0.2) is 5.69 Å². The zero-order chi connectivity index (χ0) is 24.8. The van der Waals surface area contributed by atoms with Gasteiger partial charge in [-0.05, 0) is 67.2 Å². The Labute approximate surface area is 203 Å². The lowest BCUT2D eigenvalue weighted by atomic mass is 10.2. The van der Waals surface area contributed by atoms with Crippen LogP contribution in [0.2, 0.25) is 0 Å². The molecule has 1 aliphatic carbocycles. The van der Waals surface area contributed by atoms with E-state index in [-0.39, 0.29) is 10.4 Å². The number of alkyl halides is 3. The van der Waals surface area contributed by atoms with Gasteiger partial charge in [-0.1, -0.05) is 12.1 Å². The molecule has 0 bridgehead atoms. The molecule has 1 aliphatic rings. The number of anilines is 1. The lowest BCUT2D eigenvalue weighted by molar-refractivity contribution is -0.142. The number of nitrogens with zero attached hydrogens (tertiary/aromatic N) is 4. The minimum absolute atomic E-state index is 0.0395. The molecular formula is C23H25BrF3N5O2. The van der Waals surface area contributed by atoms with Gasteiger partial charge in [0.2, 0.25) is 5.91 Å².